The van der Waals surface area contributed by atoms with Crippen LogP contribution < -0.4 is 10.5 Å². The van der Waals surface area contributed by atoms with E-state index in [4.69, 9.17) is 10.5 Å². The maximum absolute atomic E-state index is 12.9. The number of ether oxygens (including phenoxy) is 1. The van der Waals surface area contributed by atoms with Crippen molar-refractivity contribution in [3.63, 3.8) is 0 Å². The molecule has 0 fully saturated rings. The van der Waals surface area contributed by atoms with Crippen LogP contribution in [0.4, 0.5) is 4.39 Å². The quantitative estimate of drug-likeness (QED) is 0.905. The van der Waals surface area contributed by atoms with Gasteiger partial charge in [-0.1, -0.05) is 6.92 Å². The second kappa shape index (κ2) is 5.32. The van der Waals surface area contributed by atoms with E-state index in [1.54, 1.807) is 6.07 Å². The zero-order chi connectivity index (χ0) is 10.6. The molecule has 0 aliphatic rings. The first-order valence-corrected chi connectivity index (χ1v) is 5.28. The van der Waals surface area contributed by atoms with E-state index in [1.807, 2.05) is 6.92 Å². The van der Waals surface area contributed by atoms with Crippen molar-refractivity contribution in [2.75, 3.05) is 6.54 Å². The van der Waals surface area contributed by atoms with Gasteiger partial charge in [-0.05, 0) is 34.5 Å². The van der Waals surface area contributed by atoms with Crippen LogP contribution in [-0.2, 0) is 0 Å². The summed E-state index contributed by atoms with van der Waals surface area (Å²) in [5, 5.41) is 0. The van der Waals surface area contributed by atoms with Gasteiger partial charge in [0, 0.05) is 12.6 Å². The van der Waals surface area contributed by atoms with Crippen molar-refractivity contribution in [3.8, 4) is 5.75 Å². The van der Waals surface area contributed by atoms with E-state index in [9.17, 15) is 4.39 Å². The summed E-state index contributed by atoms with van der Waals surface area (Å²) in [5.41, 5.74) is 5.49. The third-order valence-corrected chi connectivity index (χ3v) is 2.56. The van der Waals surface area contributed by atoms with Gasteiger partial charge in [0.25, 0.3) is 0 Å². The largest absolute Gasteiger partial charge is 0.488 e. The van der Waals surface area contributed by atoms with E-state index in [2.05, 4.69) is 15.9 Å². The SMILES string of the molecule is CCC(CN)Oc1cc(F)ccc1Br. The average molecular weight is 262 g/mol. The van der Waals surface area contributed by atoms with Crippen molar-refractivity contribution in [2.24, 2.45) is 5.73 Å². The number of nitrogens with two attached hydrogens (primary N) is 1. The van der Waals surface area contributed by atoms with Gasteiger partial charge in [-0.3, -0.25) is 0 Å². The molecule has 0 aliphatic heterocycles. The van der Waals surface area contributed by atoms with Crippen LogP contribution in [0, 0.1) is 5.82 Å². The molecule has 2 N–H and O–H groups in total. The molecule has 0 spiro atoms. The highest BCUT2D eigenvalue weighted by atomic mass is 79.9. The van der Waals surface area contributed by atoms with Crippen LogP contribution in [0.1, 0.15) is 13.3 Å². The highest BCUT2D eigenvalue weighted by Gasteiger charge is 2.09. The minimum atomic E-state index is -0.310. The average Bonchev–Trinajstić information content (AvgIpc) is 2.19. The highest BCUT2D eigenvalue weighted by Crippen LogP contribution is 2.26. The minimum Gasteiger partial charge on any atom is -0.488 e. The molecule has 1 aromatic rings. The maximum atomic E-state index is 12.9. The maximum Gasteiger partial charge on any atom is 0.136 e. The fraction of sp³-hybridized carbons (Fsp3) is 0.400. The van der Waals surface area contributed by atoms with Crippen molar-refractivity contribution in [1.29, 1.82) is 0 Å². The highest BCUT2D eigenvalue weighted by molar-refractivity contribution is 9.10. The minimum absolute atomic E-state index is 0.0619. The molecular weight excluding hydrogens is 249 g/mol. The fourth-order valence-corrected chi connectivity index (χ4v) is 1.39. The number of hydrogen-bond donors (Lipinski definition) is 1. The summed E-state index contributed by atoms with van der Waals surface area (Å²) in [6.07, 6.45) is 0.743. The number of benzene rings is 1. The molecule has 0 aliphatic carbocycles. The number of halogens is 2. The molecule has 1 atom stereocenters. The zero-order valence-electron chi connectivity index (χ0n) is 7.97. The van der Waals surface area contributed by atoms with Crippen LogP contribution >= 0.6 is 15.9 Å². The van der Waals surface area contributed by atoms with Gasteiger partial charge in [-0.25, -0.2) is 4.39 Å². The molecule has 1 aromatic carbocycles. The Morgan fingerprint density at radius 3 is 2.86 bits per heavy atom. The molecule has 0 saturated carbocycles. The Labute approximate surface area is 91.4 Å². The molecule has 0 aromatic heterocycles. The Morgan fingerprint density at radius 1 is 1.57 bits per heavy atom. The molecule has 1 rings (SSSR count). The molecule has 0 radical (unpaired) electrons. The lowest BCUT2D eigenvalue weighted by Crippen LogP contribution is -2.25. The first-order chi connectivity index (χ1) is 6.67. The Balaban J connectivity index is 2.79. The van der Waals surface area contributed by atoms with Gasteiger partial charge in [0.1, 0.15) is 17.7 Å². The molecule has 14 heavy (non-hydrogen) atoms. The third kappa shape index (κ3) is 2.96. The van der Waals surface area contributed by atoms with E-state index in [1.165, 1.54) is 12.1 Å². The van der Waals surface area contributed by atoms with Crippen molar-refractivity contribution in [2.45, 2.75) is 19.4 Å². The first-order valence-electron chi connectivity index (χ1n) is 4.49. The van der Waals surface area contributed by atoms with Gasteiger partial charge in [0.2, 0.25) is 0 Å². The predicted molar refractivity (Wildman–Crippen MR) is 57.9 cm³/mol. The lowest BCUT2D eigenvalue weighted by atomic mass is 10.2. The Morgan fingerprint density at radius 2 is 2.29 bits per heavy atom. The summed E-state index contributed by atoms with van der Waals surface area (Å²) in [5.74, 6) is 0.192. The standard InChI is InChI=1S/C10H13BrFNO/c1-2-8(6-13)14-10-5-7(12)3-4-9(10)11/h3-5,8H,2,6,13H2,1H3. The molecule has 0 amide bonds. The van der Waals surface area contributed by atoms with Crippen LogP contribution in [0.15, 0.2) is 22.7 Å². The molecule has 0 saturated heterocycles. The van der Waals surface area contributed by atoms with Gasteiger partial charge in [-0.15, -0.1) is 0 Å². The smallest absolute Gasteiger partial charge is 0.136 e. The Kier molecular flexibility index (Phi) is 4.35. The van der Waals surface area contributed by atoms with Crippen molar-refractivity contribution >= 4 is 15.9 Å². The third-order valence-electron chi connectivity index (χ3n) is 1.91. The monoisotopic (exact) mass is 261 g/mol. The Hall–Kier alpha value is -0.610. The summed E-state index contributed by atoms with van der Waals surface area (Å²) in [4.78, 5) is 0. The molecule has 2 nitrogen and oxygen atoms in total. The normalized spacial score (nSPS) is 12.6. The van der Waals surface area contributed by atoms with E-state index < -0.39 is 0 Å². The Bertz CT molecular complexity index is 302. The molecule has 0 heterocycles. The lowest BCUT2D eigenvalue weighted by Gasteiger charge is -2.16. The van der Waals surface area contributed by atoms with Gasteiger partial charge in [0.15, 0.2) is 0 Å². The van der Waals surface area contributed by atoms with E-state index >= 15 is 0 Å². The van der Waals surface area contributed by atoms with Gasteiger partial charge in [-0.2, -0.15) is 0 Å². The second-order valence-corrected chi connectivity index (χ2v) is 3.81. The van der Waals surface area contributed by atoms with Gasteiger partial charge < -0.3 is 10.5 Å². The van der Waals surface area contributed by atoms with Crippen LogP contribution in [0.3, 0.4) is 0 Å². The first kappa shape index (κ1) is 11.5. The van der Waals surface area contributed by atoms with Gasteiger partial charge in [0.05, 0.1) is 4.47 Å². The summed E-state index contributed by atoms with van der Waals surface area (Å²) in [6.45, 7) is 2.41. The van der Waals surface area contributed by atoms with E-state index in [0.717, 1.165) is 10.9 Å². The summed E-state index contributed by atoms with van der Waals surface area (Å²) < 4.78 is 19.1. The molecule has 4 heteroatoms. The van der Waals surface area contributed by atoms with Crippen LogP contribution in [-0.4, -0.2) is 12.6 Å². The van der Waals surface area contributed by atoms with E-state index in [0.29, 0.717) is 12.3 Å². The summed E-state index contributed by atoms with van der Waals surface area (Å²) >= 11 is 3.28. The topological polar surface area (TPSA) is 35.2 Å². The second-order valence-electron chi connectivity index (χ2n) is 2.96. The van der Waals surface area contributed by atoms with Crippen molar-refractivity contribution in [1.82, 2.24) is 0 Å². The van der Waals surface area contributed by atoms with Crippen LogP contribution in [0.2, 0.25) is 0 Å². The molecule has 0 bridgehead atoms. The molecule has 1 unspecified atom stereocenters. The molecule has 78 valence electrons. The summed E-state index contributed by atoms with van der Waals surface area (Å²) in [7, 11) is 0. The van der Waals surface area contributed by atoms with E-state index in [-0.39, 0.29) is 11.9 Å². The number of rotatable bonds is 4. The van der Waals surface area contributed by atoms with Crippen molar-refractivity contribution < 1.29 is 9.13 Å². The van der Waals surface area contributed by atoms with Gasteiger partial charge >= 0.3 is 0 Å². The predicted octanol–water partition coefficient (Wildman–Crippen LogP) is 2.70. The van der Waals surface area contributed by atoms with Crippen molar-refractivity contribution in [3.05, 3.63) is 28.5 Å². The number of hydrogen-bond acceptors (Lipinski definition) is 2. The zero-order valence-corrected chi connectivity index (χ0v) is 9.55. The lowest BCUT2D eigenvalue weighted by molar-refractivity contribution is 0.203. The summed E-state index contributed by atoms with van der Waals surface area (Å²) in [6, 6.07) is 4.34. The fourth-order valence-electron chi connectivity index (χ4n) is 1.05. The van der Waals surface area contributed by atoms with Crippen LogP contribution in [0.5, 0.6) is 5.75 Å². The van der Waals surface area contributed by atoms with Crippen LogP contribution in [0.25, 0.3) is 0 Å². The molecular formula is C10H13BrFNO.